The van der Waals surface area contributed by atoms with Gasteiger partial charge in [0.15, 0.2) is 4.47 Å². The maximum absolute atomic E-state index is 10.5. The van der Waals surface area contributed by atoms with Crippen LogP contribution in [0, 0.1) is 0 Å². The first-order valence-corrected chi connectivity index (χ1v) is 6.67. The van der Waals surface area contributed by atoms with Crippen molar-refractivity contribution in [1.29, 1.82) is 0 Å². The SMILES string of the molecule is O=S(=O)(Cl)CCc1cnc(Cl)s1. The second-order valence-corrected chi connectivity index (χ2v) is 6.67. The molecular weight excluding hydrogens is 241 g/mol. The van der Waals surface area contributed by atoms with Gasteiger partial charge in [0.05, 0.1) is 5.75 Å². The van der Waals surface area contributed by atoms with E-state index in [1.807, 2.05) is 0 Å². The molecule has 0 bridgehead atoms. The molecule has 0 aliphatic rings. The van der Waals surface area contributed by atoms with E-state index in [1.165, 1.54) is 11.3 Å². The fourth-order valence-corrected chi connectivity index (χ4v) is 2.42. The predicted molar refractivity (Wildman–Crippen MR) is 50.5 cm³/mol. The van der Waals surface area contributed by atoms with Crippen LogP contribution in [0.1, 0.15) is 4.88 Å². The van der Waals surface area contributed by atoms with E-state index in [1.54, 1.807) is 6.20 Å². The Kier molecular flexibility index (Phi) is 3.34. The monoisotopic (exact) mass is 245 g/mol. The zero-order valence-corrected chi connectivity index (χ0v) is 8.97. The summed E-state index contributed by atoms with van der Waals surface area (Å²) >= 11 is 6.80. The number of aromatic nitrogens is 1. The summed E-state index contributed by atoms with van der Waals surface area (Å²) < 4.78 is 21.5. The van der Waals surface area contributed by atoms with Gasteiger partial charge in [-0.1, -0.05) is 11.6 Å². The van der Waals surface area contributed by atoms with Crippen LogP contribution in [-0.2, 0) is 15.5 Å². The summed E-state index contributed by atoms with van der Waals surface area (Å²) in [5.74, 6) is -0.0763. The molecule has 0 saturated carbocycles. The molecule has 1 rings (SSSR count). The average molecular weight is 246 g/mol. The highest BCUT2D eigenvalue weighted by atomic mass is 35.7. The molecule has 0 radical (unpaired) electrons. The predicted octanol–water partition coefficient (Wildman–Crippen LogP) is 1.91. The van der Waals surface area contributed by atoms with Crippen molar-refractivity contribution < 1.29 is 8.42 Å². The smallest absolute Gasteiger partial charge is 0.232 e. The summed E-state index contributed by atoms with van der Waals surface area (Å²) in [4.78, 5) is 4.59. The summed E-state index contributed by atoms with van der Waals surface area (Å²) in [5, 5.41) is 0. The first-order chi connectivity index (χ1) is 5.47. The third-order valence-electron chi connectivity index (χ3n) is 1.12. The van der Waals surface area contributed by atoms with Crippen LogP contribution in [0.2, 0.25) is 4.47 Å². The lowest BCUT2D eigenvalue weighted by Crippen LogP contribution is -1.99. The van der Waals surface area contributed by atoms with E-state index in [0.29, 0.717) is 10.9 Å². The molecule has 0 unspecified atom stereocenters. The quantitative estimate of drug-likeness (QED) is 0.765. The van der Waals surface area contributed by atoms with Gasteiger partial charge in [-0.3, -0.25) is 0 Å². The van der Waals surface area contributed by atoms with Crippen molar-refractivity contribution in [2.45, 2.75) is 6.42 Å². The number of hydrogen-bond donors (Lipinski definition) is 0. The Morgan fingerprint density at radius 3 is 2.67 bits per heavy atom. The van der Waals surface area contributed by atoms with Crippen molar-refractivity contribution in [3.8, 4) is 0 Å². The lowest BCUT2D eigenvalue weighted by Gasteiger charge is -1.91. The third-order valence-corrected chi connectivity index (χ3v) is 3.45. The summed E-state index contributed by atoms with van der Waals surface area (Å²) in [6, 6.07) is 0. The molecule has 0 spiro atoms. The van der Waals surface area contributed by atoms with Gasteiger partial charge in [-0.2, -0.15) is 0 Å². The molecule has 12 heavy (non-hydrogen) atoms. The van der Waals surface area contributed by atoms with E-state index in [9.17, 15) is 8.42 Å². The molecule has 1 aromatic rings. The van der Waals surface area contributed by atoms with Crippen LogP contribution in [-0.4, -0.2) is 19.2 Å². The third kappa shape index (κ3) is 3.71. The molecule has 1 heterocycles. The van der Waals surface area contributed by atoms with Crippen molar-refractivity contribution >= 4 is 42.7 Å². The van der Waals surface area contributed by atoms with Crippen LogP contribution in [0.15, 0.2) is 6.20 Å². The summed E-state index contributed by atoms with van der Waals surface area (Å²) in [7, 11) is 1.61. The largest absolute Gasteiger partial charge is 0.233 e. The van der Waals surface area contributed by atoms with Crippen LogP contribution >= 0.6 is 33.6 Å². The summed E-state index contributed by atoms with van der Waals surface area (Å²) in [5.41, 5.74) is 0. The van der Waals surface area contributed by atoms with Gasteiger partial charge in [-0.25, -0.2) is 13.4 Å². The van der Waals surface area contributed by atoms with Gasteiger partial charge in [0.2, 0.25) is 9.05 Å². The Hall–Kier alpha value is 0.160. The van der Waals surface area contributed by atoms with Crippen LogP contribution in [0.25, 0.3) is 0 Å². The topological polar surface area (TPSA) is 47.0 Å². The Morgan fingerprint density at radius 2 is 2.25 bits per heavy atom. The molecule has 0 fully saturated rings. The Labute approximate surface area is 83.8 Å². The Bertz CT molecular complexity index is 359. The highest BCUT2D eigenvalue weighted by molar-refractivity contribution is 8.13. The highest BCUT2D eigenvalue weighted by Crippen LogP contribution is 2.18. The van der Waals surface area contributed by atoms with E-state index < -0.39 is 9.05 Å². The van der Waals surface area contributed by atoms with Crippen molar-refractivity contribution in [3.63, 3.8) is 0 Å². The van der Waals surface area contributed by atoms with Gasteiger partial charge in [-0.15, -0.1) is 11.3 Å². The minimum Gasteiger partial charge on any atom is -0.233 e. The second-order valence-electron chi connectivity index (χ2n) is 2.07. The number of thiazole rings is 1. The average Bonchev–Trinajstić information content (AvgIpc) is 2.30. The molecule has 0 amide bonds. The summed E-state index contributed by atoms with van der Waals surface area (Å²) in [6.45, 7) is 0. The molecule has 3 nitrogen and oxygen atoms in total. The fraction of sp³-hybridized carbons (Fsp3) is 0.400. The van der Waals surface area contributed by atoms with Gasteiger partial charge in [0.1, 0.15) is 0 Å². The normalized spacial score (nSPS) is 11.8. The van der Waals surface area contributed by atoms with Crippen LogP contribution in [0.5, 0.6) is 0 Å². The second kappa shape index (κ2) is 3.91. The molecule has 0 aromatic carbocycles. The zero-order chi connectivity index (χ0) is 9.19. The van der Waals surface area contributed by atoms with E-state index >= 15 is 0 Å². The van der Waals surface area contributed by atoms with E-state index in [4.69, 9.17) is 22.3 Å². The molecule has 0 saturated heterocycles. The highest BCUT2D eigenvalue weighted by Gasteiger charge is 2.07. The molecule has 7 heteroatoms. The van der Waals surface area contributed by atoms with Gasteiger partial charge in [-0.05, 0) is 6.42 Å². The van der Waals surface area contributed by atoms with E-state index in [0.717, 1.165) is 4.88 Å². The molecule has 1 aromatic heterocycles. The van der Waals surface area contributed by atoms with Crippen molar-refractivity contribution in [3.05, 3.63) is 15.5 Å². The van der Waals surface area contributed by atoms with Crippen molar-refractivity contribution in [1.82, 2.24) is 4.98 Å². The standard InChI is InChI=1S/C5H5Cl2NO2S2/c6-5-8-3-4(11-5)1-2-12(7,9)10/h3H,1-2H2. The molecule has 0 aliphatic carbocycles. The number of aryl methyl sites for hydroxylation is 1. The number of rotatable bonds is 3. The fourth-order valence-electron chi connectivity index (χ4n) is 0.622. The first-order valence-electron chi connectivity index (χ1n) is 3.00. The molecule has 68 valence electrons. The lowest BCUT2D eigenvalue weighted by molar-refractivity contribution is 0.609. The number of nitrogens with zero attached hydrogens (tertiary/aromatic N) is 1. The molecule has 0 aliphatic heterocycles. The summed E-state index contributed by atoms with van der Waals surface area (Å²) in [6.07, 6.45) is 1.92. The number of hydrogen-bond acceptors (Lipinski definition) is 4. The molecular formula is C5H5Cl2NO2S2. The van der Waals surface area contributed by atoms with Gasteiger partial charge in [0, 0.05) is 21.8 Å². The van der Waals surface area contributed by atoms with Gasteiger partial charge in [0.25, 0.3) is 0 Å². The Morgan fingerprint density at radius 1 is 1.58 bits per heavy atom. The van der Waals surface area contributed by atoms with Crippen molar-refractivity contribution in [2.75, 3.05) is 5.75 Å². The van der Waals surface area contributed by atoms with E-state index in [-0.39, 0.29) is 5.75 Å². The zero-order valence-electron chi connectivity index (χ0n) is 5.83. The maximum Gasteiger partial charge on any atom is 0.232 e. The lowest BCUT2D eigenvalue weighted by atomic mass is 10.4. The Balaban J connectivity index is 2.55. The first kappa shape index (κ1) is 10.2. The van der Waals surface area contributed by atoms with Crippen LogP contribution in [0.4, 0.5) is 0 Å². The van der Waals surface area contributed by atoms with Crippen molar-refractivity contribution in [2.24, 2.45) is 0 Å². The maximum atomic E-state index is 10.5. The minimum absolute atomic E-state index is 0.0763. The van der Waals surface area contributed by atoms with E-state index in [2.05, 4.69) is 4.98 Å². The van der Waals surface area contributed by atoms with Gasteiger partial charge >= 0.3 is 0 Å². The van der Waals surface area contributed by atoms with Crippen LogP contribution in [0.3, 0.4) is 0 Å². The molecule has 0 atom stereocenters. The van der Waals surface area contributed by atoms with Gasteiger partial charge < -0.3 is 0 Å². The minimum atomic E-state index is -3.41. The molecule has 0 N–H and O–H groups in total. The van der Waals surface area contributed by atoms with Crippen LogP contribution < -0.4 is 0 Å². The number of halogens is 2.